The van der Waals surface area contributed by atoms with Gasteiger partial charge >= 0.3 is 6.03 Å². The highest BCUT2D eigenvalue weighted by Crippen LogP contribution is 2.31. The minimum atomic E-state index is -0.419. The highest BCUT2D eigenvalue weighted by Gasteiger charge is 2.38. The van der Waals surface area contributed by atoms with Gasteiger partial charge in [-0.05, 0) is 25.0 Å². The van der Waals surface area contributed by atoms with E-state index >= 15 is 0 Å². The van der Waals surface area contributed by atoms with Crippen LogP contribution in [-0.4, -0.2) is 69.2 Å². The highest BCUT2D eigenvalue weighted by molar-refractivity contribution is 6.04. The second kappa shape index (κ2) is 5.87. The molecule has 1 aromatic heterocycles. The van der Waals surface area contributed by atoms with Crippen LogP contribution in [0, 0.1) is 0 Å². The summed E-state index contributed by atoms with van der Waals surface area (Å²) in [7, 11) is 1.55. The molecule has 1 aromatic carbocycles. The molecule has 0 unspecified atom stereocenters. The molecule has 4 amide bonds. The first-order valence-electron chi connectivity index (χ1n) is 8.34. The number of rotatable bonds is 3. The summed E-state index contributed by atoms with van der Waals surface area (Å²) in [5.41, 5.74) is 1.80. The summed E-state index contributed by atoms with van der Waals surface area (Å²) in [4.78, 5) is 48.5. The fourth-order valence-corrected chi connectivity index (χ4v) is 3.53. The molecule has 1 N–H and O–H groups in total. The topological polar surface area (TPSA) is 89.6 Å². The summed E-state index contributed by atoms with van der Waals surface area (Å²) >= 11 is 0. The van der Waals surface area contributed by atoms with Crippen LogP contribution in [-0.2, 0) is 9.59 Å². The van der Waals surface area contributed by atoms with Gasteiger partial charge in [0.2, 0.25) is 5.91 Å². The van der Waals surface area contributed by atoms with Crippen molar-refractivity contribution in [1.82, 2.24) is 24.7 Å². The maximum Gasteiger partial charge on any atom is 0.327 e. The Kier molecular flexibility index (Phi) is 3.67. The molecule has 2 fully saturated rings. The third-order valence-corrected chi connectivity index (χ3v) is 4.82. The van der Waals surface area contributed by atoms with Crippen molar-refractivity contribution in [2.45, 2.75) is 18.9 Å². The molecule has 8 nitrogen and oxygen atoms in total. The molecule has 0 spiro atoms. The van der Waals surface area contributed by atoms with Crippen molar-refractivity contribution < 1.29 is 14.4 Å². The van der Waals surface area contributed by atoms with Crippen LogP contribution in [0.3, 0.4) is 0 Å². The Balaban J connectivity index is 1.54. The Hall–Kier alpha value is -2.90. The number of fused-ring (bicyclic) bond motifs is 1. The molecule has 1 atom stereocenters. The molecule has 4 rings (SSSR count). The fourth-order valence-electron chi connectivity index (χ4n) is 3.53. The van der Waals surface area contributed by atoms with E-state index in [-0.39, 0.29) is 30.9 Å². The first kappa shape index (κ1) is 15.6. The lowest BCUT2D eigenvalue weighted by Crippen LogP contribution is -2.43. The van der Waals surface area contributed by atoms with Crippen molar-refractivity contribution in [2.75, 3.05) is 26.7 Å². The van der Waals surface area contributed by atoms with Crippen molar-refractivity contribution >= 4 is 28.9 Å². The normalized spacial score (nSPS) is 21.0. The third kappa shape index (κ3) is 2.63. The van der Waals surface area contributed by atoms with Crippen LogP contribution in [0.15, 0.2) is 24.3 Å². The number of amides is 4. The van der Waals surface area contributed by atoms with Crippen LogP contribution in [0.25, 0.3) is 11.0 Å². The number of likely N-dealkylation sites (tertiary alicyclic amines) is 1. The smallest absolute Gasteiger partial charge is 0.327 e. The van der Waals surface area contributed by atoms with E-state index < -0.39 is 6.03 Å². The standard InChI is InChI=1S/C17H19N5O3/c1-20-9-14(23)22(17(20)25)10-15(24)21-8-4-7-13(21)16-18-11-5-2-3-6-12(11)19-16/h2-3,5-6,13H,4,7-10H2,1H3,(H,18,19)/t13-/m0/s1. The van der Waals surface area contributed by atoms with Gasteiger partial charge in [-0.3, -0.25) is 14.5 Å². The number of hydrogen-bond acceptors (Lipinski definition) is 4. The van der Waals surface area contributed by atoms with Crippen molar-refractivity contribution in [1.29, 1.82) is 0 Å². The summed E-state index contributed by atoms with van der Waals surface area (Å²) in [6, 6.07) is 7.16. The molecule has 0 radical (unpaired) electrons. The number of aromatic nitrogens is 2. The number of imidazole rings is 1. The molecular formula is C17H19N5O3. The predicted octanol–water partition coefficient (Wildman–Crippen LogP) is 1.12. The van der Waals surface area contributed by atoms with Gasteiger partial charge in [0.25, 0.3) is 5.91 Å². The lowest BCUT2D eigenvalue weighted by Gasteiger charge is -2.25. The van der Waals surface area contributed by atoms with E-state index in [2.05, 4.69) is 9.97 Å². The van der Waals surface area contributed by atoms with Crippen LogP contribution in [0.5, 0.6) is 0 Å². The SMILES string of the molecule is CN1CC(=O)N(CC(=O)N2CCC[C@H]2c2nc3ccccc3[nH]2)C1=O. The van der Waals surface area contributed by atoms with E-state index in [1.165, 1.54) is 4.90 Å². The van der Waals surface area contributed by atoms with Crippen molar-refractivity contribution in [3.63, 3.8) is 0 Å². The summed E-state index contributed by atoms with van der Waals surface area (Å²) < 4.78 is 0. The lowest BCUT2D eigenvalue weighted by molar-refractivity contribution is -0.137. The number of imide groups is 1. The maximum absolute atomic E-state index is 12.7. The molecule has 2 aliphatic heterocycles. The van der Waals surface area contributed by atoms with E-state index in [9.17, 15) is 14.4 Å². The zero-order valence-electron chi connectivity index (χ0n) is 13.9. The van der Waals surface area contributed by atoms with Crippen LogP contribution >= 0.6 is 0 Å². The Morgan fingerprint density at radius 3 is 2.84 bits per heavy atom. The van der Waals surface area contributed by atoms with E-state index in [0.29, 0.717) is 6.54 Å². The lowest BCUT2D eigenvalue weighted by atomic mass is 10.2. The van der Waals surface area contributed by atoms with Gasteiger partial charge < -0.3 is 14.8 Å². The van der Waals surface area contributed by atoms with Crippen molar-refractivity contribution in [2.24, 2.45) is 0 Å². The fraction of sp³-hybridized carbons (Fsp3) is 0.412. The van der Waals surface area contributed by atoms with E-state index in [1.807, 2.05) is 24.3 Å². The van der Waals surface area contributed by atoms with Gasteiger partial charge in [0.1, 0.15) is 18.9 Å². The van der Waals surface area contributed by atoms with Crippen LogP contribution in [0.1, 0.15) is 24.7 Å². The average Bonchev–Trinajstić information content (AvgIpc) is 3.28. The number of benzene rings is 1. The van der Waals surface area contributed by atoms with Gasteiger partial charge in [0, 0.05) is 13.6 Å². The first-order valence-corrected chi connectivity index (χ1v) is 8.34. The molecule has 130 valence electrons. The third-order valence-electron chi connectivity index (χ3n) is 4.82. The molecule has 25 heavy (non-hydrogen) atoms. The zero-order chi connectivity index (χ0) is 17.6. The molecule has 0 aliphatic carbocycles. The van der Waals surface area contributed by atoms with Gasteiger partial charge in [-0.15, -0.1) is 0 Å². The number of carbonyl (C=O) groups is 3. The van der Waals surface area contributed by atoms with Gasteiger partial charge in [-0.25, -0.2) is 9.78 Å². The van der Waals surface area contributed by atoms with Gasteiger partial charge in [-0.1, -0.05) is 12.1 Å². The summed E-state index contributed by atoms with van der Waals surface area (Å²) in [6.07, 6.45) is 1.68. The van der Waals surface area contributed by atoms with Crippen LogP contribution < -0.4 is 0 Å². The van der Waals surface area contributed by atoms with Gasteiger partial charge in [0.05, 0.1) is 17.1 Å². The molecule has 3 heterocycles. The Labute approximate surface area is 144 Å². The largest absolute Gasteiger partial charge is 0.340 e. The Bertz CT molecular complexity index is 828. The zero-order valence-corrected chi connectivity index (χ0v) is 13.9. The number of H-pyrrole nitrogens is 1. The summed E-state index contributed by atoms with van der Waals surface area (Å²) in [5.74, 6) is 0.198. The molecule has 2 aromatic rings. The molecule has 2 saturated heterocycles. The highest BCUT2D eigenvalue weighted by atomic mass is 16.2. The average molecular weight is 341 g/mol. The Morgan fingerprint density at radius 1 is 1.32 bits per heavy atom. The second-order valence-electron chi connectivity index (χ2n) is 6.50. The maximum atomic E-state index is 12.7. The molecule has 2 aliphatic rings. The van der Waals surface area contributed by atoms with E-state index in [1.54, 1.807) is 11.9 Å². The number of urea groups is 1. The number of aromatic amines is 1. The summed E-state index contributed by atoms with van der Waals surface area (Å²) in [6.45, 7) is 0.421. The quantitative estimate of drug-likeness (QED) is 0.847. The number of nitrogens with zero attached hydrogens (tertiary/aromatic N) is 4. The van der Waals surface area contributed by atoms with Crippen molar-refractivity contribution in [3.8, 4) is 0 Å². The minimum absolute atomic E-state index is 0.0269. The van der Waals surface area contributed by atoms with E-state index in [4.69, 9.17) is 0 Å². The van der Waals surface area contributed by atoms with Crippen molar-refractivity contribution in [3.05, 3.63) is 30.1 Å². The molecule has 0 saturated carbocycles. The van der Waals surface area contributed by atoms with Crippen LogP contribution in [0.4, 0.5) is 4.79 Å². The predicted molar refractivity (Wildman–Crippen MR) is 89.5 cm³/mol. The molecule has 0 bridgehead atoms. The summed E-state index contributed by atoms with van der Waals surface area (Å²) in [5, 5.41) is 0. The Morgan fingerprint density at radius 2 is 2.12 bits per heavy atom. The molecular weight excluding hydrogens is 322 g/mol. The molecule has 8 heteroatoms. The minimum Gasteiger partial charge on any atom is -0.340 e. The number of nitrogens with one attached hydrogen (secondary N) is 1. The monoisotopic (exact) mass is 341 g/mol. The number of carbonyl (C=O) groups excluding carboxylic acids is 3. The van der Waals surface area contributed by atoms with Crippen LogP contribution in [0.2, 0.25) is 0 Å². The van der Waals surface area contributed by atoms with E-state index in [0.717, 1.165) is 34.6 Å². The van der Waals surface area contributed by atoms with Gasteiger partial charge in [-0.2, -0.15) is 0 Å². The number of likely N-dealkylation sites (N-methyl/N-ethyl adjacent to an activating group) is 1. The van der Waals surface area contributed by atoms with Gasteiger partial charge in [0.15, 0.2) is 0 Å². The second-order valence-corrected chi connectivity index (χ2v) is 6.50. The number of hydrogen-bond donors (Lipinski definition) is 1. The first-order chi connectivity index (χ1) is 12.0. The number of para-hydroxylation sites is 2.